The number of rotatable bonds is 2. The predicted molar refractivity (Wildman–Crippen MR) is 93.8 cm³/mol. The molecule has 3 heteroatoms. The fourth-order valence-electron chi connectivity index (χ4n) is 2.86. The molecule has 0 N–H and O–H groups in total. The first kappa shape index (κ1) is 15.6. The number of hydrogen-bond acceptors (Lipinski definition) is 2. The number of fused-ring (bicyclic) bond motifs is 1. The Kier molecular flexibility index (Phi) is 3.62. The Hall–Kier alpha value is -1.32. The Morgan fingerprint density at radius 1 is 0.909 bits per heavy atom. The maximum Gasteiger partial charge on any atom is 0.495 e. The summed E-state index contributed by atoms with van der Waals surface area (Å²) in [7, 11) is -0.307. The van der Waals surface area contributed by atoms with Crippen molar-refractivity contribution in [2.75, 3.05) is 0 Å². The number of hydrogen-bond donors (Lipinski definition) is 0. The van der Waals surface area contributed by atoms with Gasteiger partial charge in [-0.3, -0.25) is 0 Å². The van der Waals surface area contributed by atoms with Crippen molar-refractivity contribution in [2.24, 2.45) is 0 Å². The molecule has 3 rings (SSSR count). The second-order valence-electron chi connectivity index (χ2n) is 7.57. The minimum Gasteiger partial charge on any atom is -0.399 e. The van der Waals surface area contributed by atoms with Crippen LogP contribution in [0.4, 0.5) is 0 Å². The van der Waals surface area contributed by atoms with Crippen LogP contribution in [0, 0.1) is 0 Å². The van der Waals surface area contributed by atoms with Crippen LogP contribution in [0.25, 0.3) is 10.8 Å². The van der Waals surface area contributed by atoms with Gasteiger partial charge in [-0.05, 0) is 55.4 Å². The van der Waals surface area contributed by atoms with Gasteiger partial charge in [0.15, 0.2) is 0 Å². The molecule has 1 fully saturated rings. The molecule has 0 spiro atoms. The molecular formula is C19H25BO2. The third kappa shape index (κ3) is 2.47. The summed E-state index contributed by atoms with van der Waals surface area (Å²) in [6.07, 6.45) is 0. The molecule has 2 aromatic rings. The molecule has 1 aliphatic heterocycles. The number of benzene rings is 2. The second kappa shape index (κ2) is 5.11. The third-order valence-electron chi connectivity index (χ3n) is 5.11. The summed E-state index contributed by atoms with van der Waals surface area (Å²) in [6.45, 7) is 12.8. The maximum atomic E-state index is 6.21. The highest BCUT2D eigenvalue weighted by molar-refractivity contribution is 6.65. The zero-order valence-corrected chi connectivity index (χ0v) is 14.4. The van der Waals surface area contributed by atoms with Crippen molar-refractivity contribution >= 4 is 23.4 Å². The van der Waals surface area contributed by atoms with E-state index in [0.717, 1.165) is 5.46 Å². The van der Waals surface area contributed by atoms with Gasteiger partial charge in [-0.15, -0.1) is 0 Å². The van der Waals surface area contributed by atoms with E-state index in [4.69, 9.17) is 9.31 Å². The van der Waals surface area contributed by atoms with Crippen LogP contribution in [-0.2, 0) is 9.31 Å². The monoisotopic (exact) mass is 296 g/mol. The second-order valence-corrected chi connectivity index (χ2v) is 7.57. The SMILES string of the molecule is CC(C)c1ccc2c(B3OC(C)(C)C(C)(C)O3)cccc2c1. The van der Waals surface area contributed by atoms with Crippen molar-refractivity contribution in [2.45, 2.75) is 58.7 Å². The quantitative estimate of drug-likeness (QED) is 0.771. The first-order chi connectivity index (χ1) is 10.2. The molecular weight excluding hydrogens is 271 g/mol. The van der Waals surface area contributed by atoms with E-state index in [-0.39, 0.29) is 18.3 Å². The van der Waals surface area contributed by atoms with Crippen LogP contribution in [0.3, 0.4) is 0 Å². The predicted octanol–water partition coefficient (Wildman–Crippen LogP) is 4.26. The van der Waals surface area contributed by atoms with E-state index >= 15 is 0 Å². The van der Waals surface area contributed by atoms with Crippen LogP contribution in [0.15, 0.2) is 36.4 Å². The van der Waals surface area contributed by atoms with Crippen molar-refractivity contribution in [3.05, 3.63) is 42.0 Å². The smallest absolute Gasteiger partial charge is 0.399 e. The summed E-state index contributed by atoms with van der Waals surface area (Å²) in [6, 6.07) is 13.0. The molecule has 2 nitrogen and oxygen atoms in total. The minimum absolute atomic E-state index is 0.307. The van der Waals surface area contributed by atoms with Gasteiger partial charge in [-0.25, -0.2) is 0 Å². The fraction of sp³-hybridized carbons (Fsp3) is 0.474. The van der Waals surface area contributed by atoms with E-state index in [1.807, 2.05) is 0 Å². The van der Waals surface area contributed by atoms with E-state index in [9.17, 15) is 0 Å². The normalized spacial score (nSPS) is 20.0. The summed E-state index contributed by atoms with van der Waals surface area (Å²) in [5.41, 5.74) is 1.86. The minimum atomic E-state index is -0.308. The summed E-state index contributed by atoms with van der Waals surface area (Å²) >= 11 is 0. The molecule has 1 aliphatic rings. The summed E-state index contributed by atoms with van der Waals surface area (Å²) in [4.78, 5) is 0. The van der Waals surface area contributed by atoms with Gasteiger partial charge in [0, 0.05) is 0 Å². The van der Waals surface area contributed by atoms with Gasteiger partial charge < -0.3 is 9.31 Å². The molecule has 1 heterocycles. The average molecular weight is 296 g/mol. The van der Waals surface area contributed by atoms with Crippen molar-refractivity contribution in [1.29, 1.82) is 0 Å². The first-order valence-corrected chi connectivity index (χ1v) is 8.09. The molecule has 0 aliphatic carbocycles. The van der Waals surface area contributed by atoms with Crippen LogP contribution in [0.2, 0.25) is 0 Å². The summed E-state index contributed by atoms with van der Waals surface area (Å²) < 4.78 is 12.4. The average Bonchev–Trinajstić information content (AvgIpc) is 2.66. The van der Waals surface area contributed by atoms with E-state index in [1.165, 1.54) is 16.3 Å². The van der Waals surface area contributed by atoms with Gasteiger partial charge in [0.1, 0.15) is 0 Å². The largest absolute Gasteiger partial charge is 0.495 e. The Labute approximate surface area is 134 Å². The highest BCUT2D eigenvalue weighted by atomic mass is 16.7. The highest BCUT2D eigenvalue weighted by Crippen LogP contribution is 2.37. The van der Waals surface area contributed by atoms with E-state index in [1.54, 1.807) is 0 Å². The lowest BCUT2D eigenvalue weighted by atomic mass is 9.76. The van der Waals surface area contributed by atoms with Gasteiger partial charge in [0.05, 0.1) is 11.2 Å². The molecule has 0 bridgehead atoms. The molecule has 0 saturated carbocycles. The third-order valence-corrected chi connectivity index (χ3v) is 5.11. The molecule has 1 saturated heterocycles. The lowest BCUT2D eigenvalue weighted by Gasteiger charge is -2.32. The molecule has 0 atom stereocenters. The Balaban J connectivity index is 2.06. The molecule has 116 valence electrons. The van der Waals surface area contributed by atoms with E-state index < -0.39 is 0 Å². The molecule has 0 unspecified atom stereocenters. The lowest BCUT2D eigenvalue weighted by Crippen LogP contribution is -2.41. The fourth-order valence-corrected chi connectivity index (χ4v) is 2.86. The van der Waals surface area contributed by atoms with Crippen LogP contribution in [-0.4, -0.2) is 18.3 Å². The lowest BCUT2D eigenvalue weighted by molar-refractivity contribution is 0.00578. The van der Waals surface area contributed by atoms with E-state index in [0.29, 0.717) is 5.92 Å². The Bertz CT molecular complexity index is 688. The highest BCUT2D eigenvalue weighted by Gasteiger charge is 2.52. The molecule has 0 amide bonds. The molecule has 0 aromatic heterocycles. The van der Waals surface area contributed by atoms with Crippen molar-refractivity contribution in [1.82, 2.24) is 0 Å². The van der Waals surface area contributed by atoms with Gasteiger partial charge in [0.2, 0.25) is 0 Å². The zero-order chi connectivity index (χ0) is 16.1. The standard InChI is InChI=1S/C19H25BO2/c1-13(2)14-10-11-16-15(12-14)8-7-9-17(16)20-21-18(3,4)19(5,6)22-20/h7-13H,1-6H3. The molecule has 22 heavy (non-hydrogen) atoms. The van der Waals surface area contributed by atoms with Gasteiger partial charge in [-0.1, -0.05) is 50.2 Å². The first-order valence-electron chi connectivity index (χ1n) is 8.09. The maximum absolute atomic E-state index is 6.21. The van der Waals surface area contributed by atoms with Crippen LogP contribution < -0.4 is 5.46 Å². The van der Waals surface area contributed by atoms with Crippen LogP contribution in [0.5, 0.6) is 0 Å². The van der Waals surface area contributed by atoms with Crippen molar-refractivity contribution in [3.63, 3.8) is 0 Å². The van der Waals surface area contributed by atoms with Crippen LogP contribution >= 0.6 is 0 Å². The Morgan fingerprint density at radius 3 is 2.14 bits per heavy atom. The Morgan fingerprint density at radius 2 is 1.55 bits per heavy atom. The zero-order valence-electron chi connectivity index (χ0n) is 14.4. The van der Waals surface area contributed by atoms with Gasteiger partial charge in [-0.2, -0.15) is 0 Å². The van der Waals surface area contributed by atoms with Gasteiger partial charge in [0.25, 0.3) is 0 Å². The van der Waals surface area contributed by atoms with Gasteiger partial charge >= 0.3 is 7.12 Å². The van der Waals surface area contributed by atoms with E-state index in [2.05, 4.69) is 77.9 Å². The van der Waals surface area contributed by atoms with Crippen LogP contribution in [0.1, 0.15) is 53.0 Å². The van der Waals surface area contributed by atoms with Crippen molar-refractivity contribution < 1.29 is 9.31 Å². The summed E-state index contributed by atoms with van der Waals surface area (Å²) in [5.74, 6) is 0.532. The van der Waals surface area contributed by atoms with Crippen molar-refractivity contribution in [3.8, 4) is 0 Å². The molecule has 0 radical (unpaired) electrons. The topological polar surface area (TPSA) is 18.5 Å². The summed E-state index contributed by atoms with van der Waals surface area (Å²) in [5, 5.41) is 2.46. The molecule has 2 aromatic carbocycles.